The van der Waals surface area contributed by atoms with E-state index in [1.807, 2.05) is 43.9 Å². The van der Waals surface area contributed by atoms with Crippen molar-refractivity contribution in [2.75, 3.05) is 26.2 Å². The van der Waals surface area contributed by atoms with Crippen molar-refractivity contribution in [1.29, 1.82) is 0 Å². The number of primary amides is 1. The lowest BCUT2D eigenvalue weighted by Crippen LogP contribution is -2.50. The van der Waals surface area contributed by atoms with Crippen LogP contribution in [0.15, 0.2) is 29.3 Å². The molecule has 1 aliphatic heterocycles. The van der Waals surface area contributed by atoms with Crippen molar-refractivity contribution in [3.63, 3.8) is 0 Å². The van der Waals surface area contributed by atoms with E-state index in [0.717, 1.165) is 44.0 Å². The van der Waals surface area contributed by atoms with Crippen molar-refractivity contribution in [3.8, 4) is 5.75 Å². The minimum absolute atomic E-state index is 0.0427. The fourth-order valence-corrected chi connectivity index (χ4v) is 3.18. The summed E-state index contributed by atoms with van der Waals surface area (Å²) in [6.07, 6.45) is 1.80. The quantitative estimate of drug-likeness (QED) is 0.447. The predicted molar refractivity (Wildman–Crippen MR) is 114 cm³/mol. The summed E-state index contributed by atoms with van der Waals surface area (Å²) in [5.41, 5.74) is 6.09. The Kier molecular flexibility index (Phi) is 8.76. The van der Waals surface area contributed by atoms with Gasteiger partial charge in [-0.3, -0.25) is 9.59 Å². The Morgan fingerprint density at radius 1 is 1.31 bits per heavy atom. The minimum atomic E-state index is -0.506. The highest BCUT2D eigenvalue weighted by Gasteiger charge is 2.24. The molecule has 0 spiro atoms. The number of nitrogens with one attached hydrogen (secondary N) is 2. The van der Waals surface area contributed by atoms with Gasteiger partial charge in [-0.1, -0.05) is 26.0 Å². The number of benzene rings is 1. The molecule has 0 aliphatic carbocycles. The second kappa shape index (κ2) is 11.3. The highest BCUT2D eigenvalue weighted by atomic mass is 16.5. The zero-order valence-electron chi connectivity index (χ0n) is 17.6. The zero-order valence-corrected chi connectivity index (χ0v) is 17.6. The Morgan fingerprint density at radius 2 is 2.03 bits per heavy atom. The third-order valence-electron chi connectivity index (χ3n) is 4.68. The number of carbonyl (C=O) groups excluding carboxylic acids is 2. The molecule has 8 nitrogen and oxygen atoms in total. The van der Waals surface area contributed by atoms with Gasteiger partial charge in [0.1, 0.15) is 5.75 Å². The topological polar surface area (TPSA) is 109 Å². The van der Waals surface area contributed by atoms with Gasteiger partial charge in [0.25, 0.3) is 5.91 Å². The number of hydrogen-bond acceptors (Lipinski definition) is 4. The number of piperidine rings is 1. The number of amides is 2. The average molecular weight is 404 g/mol. The van der Waals surface area contributed by atoms with Crippen LogP contribution in [-0.4, -0.2) is 55.0 Å². The largest absolute Gasteiger partial charge is 0.484 e. The number of nitrogens with two attached hydrogens (primary N) is 1. The van der Waals surface area contributed by atoms with Crippen molar-refractivity contribution in [2.45, 2.75) is 46.2 Å². The molecule has 8 heteroatoms. The van der Waals surface area contributed by atoms with Gasteiger partial charge in [0.05, 0.1) is 6.54 Å². The molecule has 0 saturated carbocycles. The van der Waals surface area contributed by atoms with E-state index in [9.17, 15) is 9.59 Å². The van der Waals surface area contributed by atoms with Crippen LogP contribution >= 0.6 is 0 Å². The maximum absolute atomic E-state index is 12.1. The number of nitrogens with zero attached hydrogens (tertiary/aromatic N) is 2. The summed E-state index contributed by atoms with van der Waals surface area (Å²) in [5.74, 6) is 1.11. The van der Waals surface area contributed by atoms with Crippen molar-refractivity contribution in [3.05, 3.63) is 29.8 Å². The van der Waals surface area contributed by atoms with Crippen LogP contribution in [0.25, 0.3) is 0 Å². The molecule has 1 aromatic rings. The summed E-state index contributed by atoms with van der Waals surface area (Å²) < 4.78 is 5.34. The van der Waals surface area contributed by atoms with Crippen LogP contribution in [0.2, 0.25) is 0 Å². The molecule has 2 amide bonds. The molecule has 0 unspecified atom stereocenters. The summed E-state index contributed by atoms with van der Waals surface area (Å²) >= 11 is 0. The van der Waals surface area contributed by atoms with E-state index < -0.39 is 5.91 Å². The molecule has 1 fully saturated rings. The van der Waals surface area contributed by atoms with Crippen LogP contribution in [0.3, 0.4) is 0 Å². The monoisotopic (exact) mass is 403 g/mol. The molecule has 0 radical (unpaired) electrons. The van der Waals surface area contributed by atoms with Crippen LogP contribution in [0.5, 0.6) is 5.75 Å². The number of rotatable bonds is 8. The molecule has 1 aliphatic rings. The standard InChI is InChI=1S/C21H33N5O3/c1-4-23-21(25-17-8-10-26(11-9-17)20(28)15(2)3)24-13-16-6-5-7-18(12-16)29-14-19(22)27/h5-7,12,15,17H,4,8-11,13-14H2,1-3H3,(H2,22,27)(H2,23,24,25). The summed E-state index contributed by atoms with van der Waals surface area (Å²) in [6, 6.07) is 7.75. The first-order chi connectivity index (χ1) is 13.9. The van der Waals surface area contributed by atoms with Gasteiger partial charge in [-0.15, -0.1) is 0 Å². The molecular weight excluding hydrogens is 370 g/mol. The summed E-state index contributed by atoms with van der Waals surface area (Å²) in [7, 11) is 0. The Hall–Kier alpha value is -2.77. The van der Waals surface area contributed by atoms with Gasteiger partial charge in [-0.2, -0.15) is 0 Å². The smallest absolute Gasteiger partial charge is 0.255 e. The molecule has 29 heavy (non-hydrogen) atoms. The molecule has 0 atom stereocenters. The van der Waals surface area contributed by atoms with Crippen LogP contribution in [0.4, 0.5) is 0 Å². The van der Waals surface area contributed by atoms with E-state index in [4.69, 9.17) is 10.5 Å². The maximum atomic E-state index is 12.1. The molecular formula is C21H33N5O3. The molecule has 1 saturated heterocycles. The second-order valence-electron chi connectivity index (χ2n) is 7.50. The summed E-state index contributed by atoms with van der Waals surface area (Å²) in [5, 5.41) is 6.75. The number of aliphatic imine (C=N–C) groups is 1. The predicted octanol–water partition coefficient (Wildman–Crippen LogP) is 1.25. The van der Waals surface area contributed by atoms with Crippen molar-refractivity contribution in [1.82, 2.24) is 15.5 Å². The van der Waals surface area contributed by atoms with Gasteiger partial charge >= 0.3 is 0 Å². The normalized spacial score (nSPS) is 15.3. The van der Waals surface area contributed by atoms with Gasteiger partial charge in [0.2, 0.25) is 5.91 Å². The van der Waals surface area contributed by atoms with Gasteiger partial charge in [0, 0.05) is 31.6 Å². The van der Waals surface area contributed by atoms with E-state index in [1.165, 1.54) is 0 Å². The number of carbonyl (C=O) groups is 2. The summed E-state index contributed by atoms with van der Waals surface area (Å²) in [6.45, 7) is 8.55. The fraction of sp³-hybridized carbons (Fsp3) is 0.571. The third-order valence-corrected chi connectivity index (χ3v) is 4.68. The van der Waals surface area contributed by atoms with E-state index in [-0.39, 0.29) is 24.5 Å². The van der Waals surface area contributed by atoms with Gasteiger partial charge in [0.15, 0.2) is 12.6 Å². The minimum Gasteiger partial charge on any atom is -0.484 e. The number of hydrogen-bond donors (Lipinski definition) is 3. The zero-order chi connectivity index (χ0) is 21.2. The highest BCUT2D eigenvalue weighted by molar-refractivity contribution is 5.80. The Balaban J connectivity index is 1.91. The lowest BCUT2D eigenvalue weighted by Gasteiger charge is -2.34. The first-order valence-corrected chi connectivity index (χ1v) is 10.2. The molecule has 0 aromatic heterocycles. The van der Waals surface area contributed by atoms with Gasteiger partial charge in [-0.25, -0.2) is 4.99 Å². The van der Waals surface area contributed by atoms with Crippen molar-refractivity contribution < 1.29 is 14.3 Å². The first-order valence-electron chi connectivity index (χ1n) is 10.2. The first kappa shape index (κ1) is 22.5. The Labute approximate surface area is 172 Å². The second-order valence-corrected chi connectivity index (χ2v) is 7.50. The highest BCUT2D eigenvalue weighted by Crippen LogP contribution is 2.15. The van der Waals surface area contributed by atoms with Crippen molar-refractivity contribution >= 4 is 17.8 Å². The lowest BCUT2D eigenvalue weighted by atomic mass is 10.0. The molecule has 0 bridgehead atoms. The van der Waals surface area contributed by atoms with Crippen LogP contribution in [-0.2, 0) is 16.1 Å². The third kappa shape index (κ3) is 7.63. The average Bonchev–Trinajstić information content (AvgIpc) is 2.71. The van der Waals surface area contributed by atoms with Crippen LogP contribution < -0.4 is 21.1 Å². The maximum Gasteiger partial charge on any atom is 0.255 e. The number of ether oxygens (including phenoxy) is 1. The lowest BCUT2D eigenvalue weighted by molar-refractivity contribution is -0.135. The fourth-order valence-electron chi connectivity index (χ4n) is 3.18. The van der Waals surface area contributed by atoms with Crippen molar-refractivity contribution in [2.24, 2.45) is 16.6 Å². The van der Waals surface area contributed by atoms with E-state index in [2.05, 4.69) is 15.6 Å². The number of guanidine groups is 1. The van der Waals surface area contributed by atoms with Gasteiger partial charge in [-0.05, 0) is 37.5 Å². The molecule has 1 aromatic carbocycles. The van der Waals surface area contributed by atoms with E-state index in [1.54, 1.807) is 6.07 Å². The molecule has 160 valence electrons. The Bertz CT molecular complexity index is 712. The SMILES string of the molecule is CCNC(=NCc1cccc(OCC(N)=O)c1)NC1CCN(C(=O)C(C)C)CC1. The van der Waals surface area contributed by atoms with E-state index in [0.29, 0.717) is 12.3 Å². The van der Waals surface area contributed by atoms with Crippen LogP contribution in [0, 0.1) is 5.92 Å². The van der Waals surface area contributed by atoms with Gasteiger partial charge < -0.3 is 26.0 Å². The molecule has 1 heterocycles. The summed E-state index contributed by atoms with van der Waals surface area (Å²) in [4.78, 5) is 29.6. The molecule has 2 rings (SSSR count). The Morgan fingerprint density at radius 3 is 2.66 bits per heavy atom. The molecule has 4 N–H and O–H groups in total. The van der Waals surface area contributed by atoms with E-state index >= 15 is 0 Å². The van der Waals surface area contributed by atoms with Crippen LogP contribution in [0.1, 0.15) is 39.2 Å². The number of likely N-dealkylation sites (tertiary alicyclic amines) is 1.